The molecular weight excluding hydrogens is 270 g/mol. The van der Waals surface area contributed by atoms with Gasteiger partial charge in [0.25, 0.3) is 5.91 Å². The largest absolute Gasteiger partial charge is 0.321 e. The molecule has 0 fully saturated rings. The monoisotopic (exact) mass is 279 g/mol. The molecule has 0 radical (unpaired) electrons. The van der Waals surface area contributed by atoms with Gasteiger partial charge >= 0.3 is 0 Å². The van der Waals surface area contributed by atoms with E-state index in [0.29, 0.717) is 0 Å². The maximum atomic E-state index is 11.9. The highest BCUT2D eigenvalue weighted by atomic mass is 35.5. The molecule has 0 saturated carbocycles. The van der Waals surface area contributed by atoms with Crippen LogP contribution in [0, 0.1) is 0 Å². The van der Waals surface area contributed by atoms with Crippen molar-refractivity contribution in [2.75, 3.05) is 11.6 Å². The number of anilines is 1. The number of benzene rings is 1. The highest BCUT2D eigenvalue weighted by molar-refractivity contribution is 7.98. The van der Waals surface area contributed by atoms with E-state index in [1.807, 2.05) is 30.5 Å². The Kier molecular flexibility index (Phi) is 4.17. The quantitative estimate of drug-likeness (QED) is 0.877. The lowest BCUT2D eigenvalue weighted by atomic mass is 10.3. The maximum Gasteiger partial charge on any atom is 0.276 e. The van der Waals surface area contributed by atoms with Crippen molar-refractivity contribution in [1.29, 1.82) is 0 Å². The molecule has 0 unspecified atom stereocenters. The van der Waals surface area contributed by atoms with Gasteiger partial charge in [-0.25, -0.2) is 0 Å². The van der Waals surface area contributed by atoms with E-state index < -0.39 is 0 Å². The Morgan fingerprint density at radius 3 is 2.78 bits per heavy atom. The molecule has 1 amide bonds. The van der Waals surface area contributed by atoms with Crippen LogP contribution in [0.2, 0.25) is 5.15 Å². The van der Waals surface area contributed by atoms with Crippen LogP contribution in [0.5, 0.6) is 0 Å². The van der Waals surface area contributed by atoms with Crippen molar-refractivity contribution in [3.63, 3.8) is 0 Å². The fraction of sp³-hybridized carbons (Fsp3) is 0.0833. The Hall–Kier alpha value is -1.59. The van der Waals surface area contributed by atoms with E-state index in [4.69, 9.17) is 11.6 Å². The van der Waals surface area contributed by atoms with E-state index in [0.717, 1.165) is 10.6 Å². The van der Waals surface area contributed by atoms with Crippen LogP contribution >= 0.6 is 23.4 Å². The van der Waals surface area contributed by atoms with Gasteiger partial charge in [0.15, 0.2) is 10.8 Å². The van der Waals surface area contributed by atoms with E-state index in [1.54, 1.807) is 11.8 Å². The second kappa shape index (κ2) is 5.84. The van der Waals surface area contributed by atoms with Crippen molar-refractivity contribution in [2.45, 2.75) is 4.90 Å². The second-order valence-corrected chi connectivity index (χ2v) is 4.69. The fourth-order valence-corrected chi connectivity index (χ4v) is 1.89. The van der Waals surface area contributed by atoms with Gasteiger partial charge in [-0.2, -0.15) is 0 Å². The van der Waals surface area contributed by atoms with Crippen LogP contribution < -0.4 is 5.32 Å². The molecule has 1 N–H and O–H groups in total. The summed E-state index contributed by atoms with van der Waals surface area (Å²) in [5, 5.41) is 10.4. The summed E-state index contributed by atoms with van der Waals surface area (Å²) in [4.78, 5) is 12.9. The maximum absolute atomic E-state index is 11.9. The van der Waals surface area contributed by atoms with Crippen LogP contribution in [-0.4, -0.2) is 22.4 Å². The third-order valence-electron chi connectivity index (χ3n) is 2.19. The van der Waals surface area contributed by atoms with E-state index in [2.05, 4.69) is 15.5 Å². The van der Waals surface area contributed by atoms with Crippen LogP contribution in [0.25, 0.3) is 0 Å². The summed E-state index contributed by atoms with van der Waals surface area (Å²) < 4.78 is 0. The van der Waals surface area contributed by atoms with Gasteiger partial charge in [-0.3, -0.25) is 4.79 Å². The highest BCUT2D eigenvalue weighted by Crippen LogP contribution is 2.19. The molecule has 0 aliphatic carbocycles. The summed E-state index contributed by atoms with van der Waals surface area (Å²) in [6.07, 6.45) is 1.98. The minimum Gasteiger partial charge on any atom is -0.321 e. The smallest absolute Gasteiger partial charge is 0.276 e. The summed E-state index contributed by atoms with van der Waals surface area (Å²) in [6, 6.07) is 10.6. The number of rotatable bonds is 3. The average Bonchev–Trinajstić information content (AvgIpc) is 2.39. The average molecular weight is 280 g/mol. The Morgan fingerprint density at radius 2 is 2.11 bits per heavy atom. The van der Waals surface area contributed by atoms with E-state index in [1.165, 1.54) is 12.1 Å². The van der Waals surface area contributed by atoms with Gasteiger partial charge in [0, 0.05) is 10.6 Å². The van der Waals surface area contributed by atoms with Crippen LogP contribution in [-0.2, 0) is 0 Å². The van der Waals surface area contributed by atoms with E-state index in [-0.39, 0.29) is 16.8 Å². The van der Waals surface area contributed by atoms with Crippen LogP contribution in [0.15, 0.2) is 41.3 Å². The molecule has 0 saturated heterocycles. The Bertz CT molecular complexity index is 560. The number of aromatic nitrogens is 2. The molecule has 18 heavy (non-hydrogen) atoms. The molecule has 0 bridgehead atoms. The number of hydrogen-bond donors (Lipinski definition) is 1. The molecule has 0 aliphatic rings. The Labute approximate surface area is 114 Å². The summed E-state index contributed by atoms with van der Waals surface area (Å²) in [6.45, 7) is 0. The number of halogens is 1. The zero-order valence-electron chi connectivity index (χ0n) is 9.55. The first kappa shape index (κ1) is 12.9. The second-order valence-electron chi connectivity index (χ2n) is 3.43. The van der Waals surface area contributed by atoms with Gasteiger partial charge in [-0.15, -0.1) is 22.0 Å². The number of thioether (sulfide) groups is 1. The minimum absolute atomic E-state index is 0.231. The van der Waals surface area contributed by atoms with Crippen LogP contribution in [0.1, 0.15) is 10.5 Å². The van der Waals surface area contributed by atoms with Crippen molar-refractivity contribution in [2.24, 2.45) is 0 Å². The first-order valence-corrected chi connectivity index (χ1v) is 6.74. The molecule has 4 nitrogen and oxygen atoms in total. The lowest BCUT2D eigenvalue weighted by Gasteiger charge is -2.05. The van der Waals surface area contributed by atoms with Gasteiger partial charge in [-0.05, 0) is 36.6 Å². The summed E-state index contributed by atoms with van der Waals surface area (Å²) >= 11 is 7.22. The topological polar surface area (TPSA) is 54.9 Å². The molecule has 1 heterocycles. The third kappa shape index (κ3) is 3.21. The van der Waals surface area contributed by atoms with Crippen LogP contribution in [0.3, 0.4) is 0 Å². The summed E-state index contributed by atoms with van der Waals surface area (Å²) in [5.74, 6) is -0.308. The summed E-state index contributed by atoms with van der Waals surface area (Å²) in [5.41, 5.74) is 0.956. The number of carbonyl (C=O) groups is 1. The number of nitrogens with zero attached hydrogens (tertiary/aromatic N) is 2. The Morgan fingerprint density at radius 1 is 1.28 bits per heavy atom. The normalized spacial score (nSPS) is 10.1. The molecule has 0 spiro atoms. The highest BCUT2D eigenvalue weighted by Gasteiger charge is 2.08. The molecule has 2 aromatic rings. The lowest BCUT2D eigenvalue weighted by Crippen LogP contribution is -2.14. The predicted molar refractivity (Wildman–Crippen MR) is 73.2 cm³/mol. The van der Waals surface area contributed by atoms with Gasteiger partial charge in [0.2, 0.25) is 0 Å². The van der Waals surface area contributed by atoms with Crippen molar-refractivity contribution in [3.8, 4) is 0 Å². The number of nitrogens with one attached hydrogen (secondary N) is 1. The van der Waals surface area contributed by atoms with Gasteiger partial charge < -0.3 is 5.32 Å². The standard InChI is InChI=1S/C12H10ClN3OS/c1-18-9-4-2-3-8(7-9)14-12(17)10-5-6-11(13)16-15-10/h2-7H,1H3,(H,14,17). The molecular formula is C12H10ClN3OS. The number of hydrogen-bond acceptors (Lipinski definition) is 4. The SMILES string of the molecule is CSc1cccc(NC(=O)c2ccc(Cl)nn2)c1. The van der Waals surface area contributed by atoms with E-state index >= 15 is 0 Å². The van der Waals surface area contributed by atoms with Crippen molar-refractivity contribution >= 4 is 35.0 Å². The van der Waals surface area contributed by atoms with Gasteiger partial charge in [-0.1, -0.05) is 17.7 Å². The number of amides is 1. The van der Waals surface area contributed by atoms with Crippen molar-refractivity contribution < 1.29 is 4.79 Å². The molecule has 2 rings (SSSR count). The lowest BCUT2D eigenvalue weighted by molar-refractivity contribution is 0.102. The molecule has 1 aromatic carbocycles. The Balaban J connectivity index is 2.13. The zero-order valence-corrected chi connectivity index (χ0v) is 11.1. The van der Waals surface area contributed by atoms with Gasteiger partial charge in [0.1, 0.15) is 0 Å². The first-order chi connectivity index (χ1) is 8.69. The fourth-order valence-electron chi connectivity index (χ4n) is 1.33. The minimum atomic E-state index is -0.308. The van der Waals surface area contributed by atoms with Crippen molar-refractivity contribution in [3.05, 3.63) is 47.2 Å². The summed E-state index contributed by atoms with van der Waals surface area (Å²) in [7, 11) is 0. The van der Waals surface area contributed by atoms with Crippen molar-refractivity contribution in [1.82, 2.24) is 10.2 Å². The van der Waals surface area contributed by atoms with Crippen LogP contribution in [0.4, 0.5) is 5.69 Å². The van der Waals surface area contributed by atoms with E-state index in [9.17, 15) is 4.79 Å². The zero-order chi connectivity index (χ0) is 13.0. The third-order valence-corrected chi connectivity index (χ3v) is 3.12. The van der Waals surface area contributed by atoms with Gasteiger partial charge in [0.05, 0.1) is 0 Å². The number of carbonyl (C=O) groups excluding carboxylic acids is 1. The first-order valence-electron chi connectivity index (χ1n) is 5.13. The molecule has 92 valence electrons. The molecule has 6 heteroatoms. The predicted octanol–water partition coefficient (Wildman–Crippen LogP) is 3.10. The molecule has 0 atom stereocenters. The molecule has 1 aromatic heterocycles. The molecule has 0 aliphatic heterocycles.